The molecule has 0 spiro atoms. The third-order valence-corrected chi connectivity index (χ3v) is 11.4. The zero-order chi connectivity index (χ0) is 32.9. The zero-order valence-electron chi connectivity index (χ0n) is 27.8. The molecule has 252 valence electrons. The molecular weight excluding hydrogens is 580 g/mol. The zero-order valence-corrected chi connectivity index (χ0v) is 28.6. The molecule has 44 heavy (non-hydrogen) atoms. The summed E-state index contributed by atoms with van der Waals surface area (Å²) in [7, 11) is -3.66. The number of aliphatic hydroxyl groups is 2. The highest BCUT2D eigenvalue weighted by molar-refractivity contribution is 7.92. The number of unbranched alkanes of at least 4 members (excludes halogenated alkanes) is 1. The fourth-order valence-electron chi connectivity index (χ4n) is 5.54. The molecule has 0 radical (unpaired) electrons. The summed E-state index contributed by atoms with van der Waals surface area (Å²) in [5.41, 5.74) is 0.815. The number of ether oxygens (including phenoxy) is 1. The van der Waals surface area contributed by atoms with E-state index in [1.54, 1.807) is 20.8 Å². The van der Waals surface area contributed by atoms with Gasteiger partial charge in [-0.3, -0.25) is 9.59 Å². The predicted molar refractivity (Wildman–Crippen MR) is 175 cm³/mol. The highest BCUT2D eigenvalue weighted by Gasteiger charge is 2.37. The summed E-state index contributed by atoms with van der Waals surface area (Å²) in [6.07, 6.45) is 5.55. The van der Waals surface area contributed by atoms with Gasteiger partial charge in [0.2, 0.25) is 11.8 Å². The molecule has 0 aromatic heterocycles. The average molecular weight is 639 g/mol. The molecule has 0 saturated heterocycles. The molecular formula is C34H58N2O7S. The quantitative estimate of drug-likeness (QED) is 0.177. The second-order valence-electron chi connectivity index (χ2n) is 13.9. The van der Waals surface area contributed by atoms with Gasteiger partial charge in [-0.2, -0.15) is 0 Å². The van der Waals surface area contributed by atoms with E-state index >= 15 is 0 Å². The van der Waals surface area contributed by atoms with Crippen LogP contribution in [0.5, 0.6) is 0 Å². The van der Waals surface area contributed by atoms with Crippen LogP contribution < -0.4 is 10.6 Å². The first kappa shape index (κ1) is 38.2. The van der Waals surface area contributed by atoms with Crippen LogP contribution in [0, 0.1) is 17.8 Å². The van der Waals surface area contributed by atoms with E-state index in [0.29, 0.717) is 18.9 Å². The maximum absolute atomic E-state index is 13.8. The summed E-state index contributed by atoms with van der Waals surface area (Å²) in [5, 5.41) is 27.6. The SMILES string of the molecule is CCCCOC[C@H](NC(=O)[C@H](Cc1ccccc1)CS(=O)(=O)C(C)(C)C)C(=O)N[C@@H](CC1CCCCC1)[C@@H](O)[C@@H](O)C(C)C. The Labute approximate surface area is 265 Å². The van der Waals surface area contributed by atoms with Crippen LogP contribution in [0.25, 0.3) is 0 Å². The van der Waals surface area contributed by atoms with E-state index in [1.807, 2.05) is 51.1 Å². The Morgan fingerprint density at radius 3 is 2.18 bits per heavy atom. The molecule has 1 fully saturated rings. The van der Waals surface area contributed by atoms with Gasteiger partial charge in [-0.25, -0.2) is 8.42 Å². The van der Waals surface area contributed by atoms with E-state index in [0.717, 1.165) is 44.1 Å². The molecule has 0 bridgehead atoms. The van der Waals surface area contributed by atoms with Gasteiger partial charge in [0, 0.05) is 6.61 Å². The third-order valence-electron chi connectivity index (χ3n) is 8.69. The Morgan fingerprint density at radius 2 is 1.61 bits per heavy atom. The van der Waals surface area contributed by atoms with Crippen molar-refractivity contribution < 1.29 is 33.0 Å². The summed E-state index contributed by atoms with van der Waals surface area (Å²) >= 11 is 0. The first-order valence-electron chi connectivity index (χ1n) is 16.5. The molecule has 1 aromatic carbocycles. The Bertz CT molecular complexity index is 1100. The standard InChI is InChI=1S/C34H58N2O7S/c1-7-8-19-43-22-29(33(40)35-28(31(38)30(37)24(2)3)21-26-17-13-10-14-18-26)36-32(39)27(20-25-15-11-9-12-16-25)23-44(41,42)34(4,5)6/h9,11-12,15-16,24,26-31,37-38H,7-8,10,13-14,17-23H2,1-6H3,(H,35,40)(H,36,39)/t27-,28+,29+,30+,31-/m1/s1. The van der Waals surface area contributed by atoms with Crippen LogP contribution in [-0.4, -0.2) is 78.5 Å². The average Bonchev–Trinajstić information content (AvgIpc) is 2.97. The van der Waals surface area contributed by atoms with Crippen molar-refractivity contribution in [2.75, 3.05) is 19.0 Å². The van der Waals surface area contributed by atoms with E-state index in [4.69, 9.17) is 4.74 Å². The van der Waals surface area contributed by atoms with Crippen molar-refractivity contribution in [3.05, 3.63) is 35.9 Å². The number of hydrogen-bond donors (Lipinski definition) is 4. The Hall–Kier alpha value is -2.01. The molecule has 1 aliphatic rings. The minimum Gasteiger partial charge on any atom is -0.390 e. The maximum Gasteiger partial charge on any atom is 0.245 e. The van der Waals surface area contributed by atoms with Crippen molar-refractivity contribution in [1.29, 1.82) is 0 Å². The lowest BCUT2D eigenvalue weighted by atomic mass is 9.82. The Morgan fingerprint density at radius 1 is 0.977 bits per heavy atom. The van der Waals surface area contributed by atoms with Crippen molar-refractivity contribution in [3.63, 3.8) is 0 Å². The smallest absolute Gasteiger partial charge is 0.245 e. The number of carbonyl (C=O) groups is 2. The van der Waals surface area contributed by atoms with Crippen molar-refractivity contribution in [3.8, 4) is 0 Å². The van der Waals surface area contributed by atoms with Crippen LogP contribution in [0.1, 0.15) is 98.5 Å². The molecule has 0 aliphatic heterocycles. The van der Waals surface area contributed by atoms with Crippen LogP contribution in [0.15, 0.2) is 30.3 Å². The van der Waals surface area contributed by atoms with E-state index < -0.39 is 56.6 Å². The number of rotatable bonds is 18. The molecule has 5 atom stereocenters. The summed E-state index contributed by atoms with van der Waals surface area (Å²) in [6.45, 7) is 10.8. The van der Waals surface area contributed by atoms with Crippen molar-refractivity contribution in [2.45, 2.75) is 128 Å². The summed E-state index contributed by atoms with van der Waals surface area (Å²) in [4.78, 5) is 27.6. The number of sulfone groups is 1. The number of benzene rings is 1. The topological polar surface area (TPSA) is 142 Å². The van der Waals surface area contributed by atoms with Crippen molar-refractivity contribution >= 4 is 21.7 Å². The van der Waals surface area contributed by atoms with Crippen LogP contribution in [0.4, 0.5) is 0 Å². The Balaban J connectivity index is 2.32. The van der Waals surface area contributed by atoms with Crippen LogP contribution in [0.2, 0.25) is 0 Å². The van der Waals surface area contributed by atoms with Gasteiger partial charge < -0.3 is 25.6 Å². The monoisotopic (exact) mass is 638 g/mol. The van der Waals surface area contributed by atoms with Crippen molar-refractivity contribution in [2.24, 2.45) is 17.8 Å². The van der Waals surface area contributed by atoms with Crippen LogP contribution in [-0.2, 0) is 30.6 Å². The predicted octanol–water partition coefficient (Wildman–Crippen LogP) is 4.19. The summed E-state index contributed by atoms with van der Waals surface area (Å²) < 4.78 is 31.2. The molecule has 2 rings (SSSR count). The number of carbonyl (C=O) groups excluding carboxylic acids is 2. The number of nitrogens with one attached hydrogen (secondary N) is 2. The third kappa shape index (κ3) is 12.4. The minimum atomic E-state index is -3.66. The lowest BCUT2D eigenvalue weighted by Gasteiger charge is -2.34. The molecule has 2 amide bonds. The van der Waals surface area contributed by atoms with E-state index in [9.17, 15) is 28.2 Å². The first-order valence-corrected chi connectivity index (χ1v) is 18.1. The van der Waals surface area contributed by atoms with Gasteiger partial charge in [0.25, 0.3) is 0 Å². The second-order valence-corrected chi connectivity index (χ2v) is 16.6. The summed E-state index contributed by atoms with van der Waals surface area (Å²) in [6, 6.07) is 7.41. The van der Waals surface area contributed by atoms with E-state index in [-0.39, 0.29) is 24.7 Å². The molecule has 4 N–H and O–H groups in total. The van der Waals surface area contributed by atoms with E-state index in [2.05, 4.69) is 10.6 Å². The lowest BCUT2D eigenvalue weighted by molar-refractivity contribution is -0.133. The number of aliphatic hydroxyl groups excluding tert-OH is 2. The molecule has 9 nitrogen and oxygen atoms in total. The van der Waals surface area contributed by atoms with Crippen molar-refractivity contribution in [1.82, 2.24) is 10.6 Å². The molecule has 1 aliphatic carbocycles. The van der Waals surface area contributed by atoms with Gasteiger partial charge in [-0.15, -0.1) is 0 Å². The van der Waals surface area contributed by atoms with Gasteiger partial charge >= 0.3 is 0 Å². The second kappa shape index (κ2) is 18.2. The van der Waals surface area contributed by atoms with Crippen LogP contribution in [0.3, 0.4) is 0 Å². The maximum atomic E-state index is 13.8. The number of amides is 2. The first-order chi connectivity index (χ1) is 20.7. The van der Waals surface area contributed by atoms with Crippen LogP contribution >= 0.6 is 0 Å². The van der Waals surface area contributed by atoms with Gasteiger partial charge in [-0.05, 0) is 57.4 Å². The normalized spacial score (nSPS) is 18.3. The van der Waals surface area contributed by atoms with Gasteiger partial charge in [0.05, 0.1) is 35.2 Å². The highest BCUT2D eigenvalue weighted by atomic mass is 32.2. The fraction of sp³-hybridized carbons (Fsp3) is 0.765. The molecule has 10 heteroatoms. The summed E-state index contributed by atoms with van der Waals surface area (Å²) in [5.74, 6) is -2.28. The molecule has 1 saturated carbocycles. The highest BCUT2D eigenvalue weighted by Crippen LogP contribution is 2.29. The lowest BCUT2D eigenvalue weighted by Crippen LogP contribution is -2.58. The van der Waals surface area contributed by atoms with E-state index in [1.165, 1.54) is 6.42 Å². The minimum absolute atomic E-state index is 0.0966. The molecule has 1 aromatic rings. The van der Waals surface area contributed by atoms with Gasteiger partial charge in [0.1, 0.15) is 12.1 Å². The molecule has 0 unspecified atom stereocenters. The van der Waals surface area contributed by atoms with Gasteiger partial charge in [-0.1, -0.05) is 89.6 Å². The Kier molecular flexibility index (Phi) is 15.8. The fourth-order valence-corrected chi connectivity index (χ4v) is 6.84. The molecule has 0 heterocycles. The number of hydrogen-bond acceptors (Lipinski definition) is 7. The largest absolute Gasteiger partial charge is 0.390 e. The van der Waals surface area contributed by atoms with Gasteiger partial charge in [0.15, 0.2) is 9.84 Å².